The molecule has 17 heavy (non-hydrogen) atoms. The molecule has 1 fully saturated rings. The highest BCUT2D eigenvalue weighted by molar-refractivity contribution is 8.14. The van der Waals surface area contributed by atoms with Gasteiger partial charge in [-0.3, -0.25) is 9.98 Å². The predicted molar refractivity (Wildman–Crippen MR) is 73.6 cm³/mol. The molecule has 1 N–H and O–H groups in total. The van der Waals surface area contributed by atoms with Crippen molar-refractivity contribution in [2.75, 3.05) is 11.1 Å². The van der Waals surface area contributed by atoms with E-state index < -0.39 is 0 Å². The number of pyridine rings is 1. The maximum atomic E-state index is 4.81. The van der Waals surface area contributed by atoms with Gasteiger partial charge in [0, 0.05) is 11.9 Å². The second-order valence-corrected chi connectivity index (χ2v) is 5.89. The summed E-state index contributed by atoms with van der Waals surface area (Å²) in [5.41, 5.74) is 2.22. The first-order valence-corrected chi connectivity index (χ1v) is 7.19. The number of hydrogen-bond acceptors (Lipinski definition) is 4. The normalized spacial score (nSPS) is 27.5. The Labute approximate surface area is 106 Å². The lowest BCUT2D eigenvalue weighted by Gasteiger charge is -2.23. The molecule has 4 heteroatoms. The van der Waals surface area contributed by atoms with Gasteiger partial charge in [-0.25, -0.2) is 0 Å². The zero-order valence-electron chi connectivity index (χ0n) is 10.0. The Bertz CT molecular complexity index is 444. The van der Waals surface area contributed by atoms with E-state index in [0.717, 1.165) is 16.8 Å². The van der Waals surface area contributed by atoms with Crippen LogP contribution in [0.2, 0.25) is 0 Å². The molecule has 0 radical (unpaired) electrons. The molecule has 1 aromatic heterocycles. The zero-order chi connectivity index (χ0) is 11.7. The topological polar surface area (TPSA) is 37.3 Å². The van der Waals surface area contributed by atoms with Gasteiger partial charge in [-0.2, -0.15) is 0 Å². The van der Waals surface area contributed by atoms with E-state index >= 15 is 0 Å². The number of anilines is 1. The molecule has 1 aliphatic heterocycles. The largest absolute Gasteiger partial charge is 0.334 e. The van der Waals surface area contributed by atoms with Crippen LogP contribution in [0.15, 0.2) is 23.5 Å². The lowest BCUT2D eigenvalue weighted by atomic mass is 10.1. The number of hydrogen-bond donors (Lipinski definition) is 1. The van der Waals surface area contributed by atoms with Crippen molar-refractivity contribution in [2.45, 2.75) is 32.2 Å². The fraction of sp³-hybridized carbons (Fsp3) is 0.538. The molecule has 0 aromatic carbocycles. The molecule has 3 nitrogen and oxygen atoms in total. The second-order valence-electron chi connectivity index (χ2n) is 4.88. The summed E-state index contributed by atoms with van der Waals surface area (Å²) in [6.45, 7) is 2.06. The van der Waals surface area contributed by atoms with Crippen LogP contribution < -0.4 is 5.32 Å². The van der Waals surface area contributed by atoms with Crippen LogP contribution in [0.4, 0.5) is 5.69 Å². The lowest BCUT2D eigenvalue weighted by molar-refractivity contribution is 0.535. The first-order chi connectivity index (χ1) is 8.31. The van der Waals surface area contributed by atoms with Crippen LogP contribution in [0.5, 0.6) is 0 Å². The predicted octanol–water partition coefficient (Wildman–Crippen LogP) is 3.07. The van der Waals surface area contributed by atoms with Crippen LogP contribution in [0.1, 0.15) is 24.8 Å². The Morgan fingerprint density at radius 3 is 3.18 bits per heavy atom. The summed E-state index contributed by atoms with van der Waals surface area (Å²) >= 11 is 1.85. The second kappa shape index (κ2) is 4.69. The van der Waals surface area contributed by atoms with Crippen LogP contribution >= 0.6 is 11.8 Å². The summed E-state index contributed by atoms with van der Waals surface area (Å²) in [6, 6.07) is 2.67. The highest BCUT2D eigenvalue weighted by atomic mass is 32.2. The standard InChI is InChI=1S/C13H17N3S/c1-9-5-11(7-14-6-9)15-13-16-12-4-2-3-10(12)8-17-13/h5-7,10,12H,2-4,8H2,1H3,(H,15,16). The van der Waals surface area contributed by atoms with E-state index in [4.69, 9.17) is 4.99 Å². The summed E-state index contributed by atoms with van der Waals surface area (Å²) < 4.78 is 0. The molecule has 90 valence electrons. The van der Waals surface area contributed by atoms with Gasteiger partial charge < -0.3 is 5.32 Å². The number of thioether (sulfide) groups is 1. The van der Waals surface area contributed by atoms with Gasteiger partial charge in [0.1, 0.15) is 0 Å². The van der Waals surface area contributed by atoms with Crippen LogP contribution in [0.3, 0.4) is 0 Å². The number of rotatable bonds is 1. The molecule has 1 saturated carbocycles. The monoisotopic (exact) mass is 247 g/mol. The van der Waals surface area contributed by atoms with E-state index in [2.05, 4.69) is 23.3 Å². The highest BCUT2D eigenvalue weighted by Crippen LogP contribution is 2.35. The van der Waals surface area contributed by atoms with E-state index in [1.807, 2.05) is 24.2 Å². The average Bonchev–Trinajstić information content (AvgIpc) is 2.76. The van der Waals surface area contributed by atoms with Gasteiger partial charge in [-0.15, -0.1) is 0 Å². The maximum absolute atomic E-state index is 4.81. The average molecular weight is 247 g/mol. The van der Waals surface area contributed by atoms with Gasteiger partial charge in [-0.05, 0) is 37.3 Å². The van der Waals surface area contributed by atoms with Crippen molar-refractivity contribution in [3.63, 3.8) is 0 Å². The summed E-state index contributed by atoms with van der Waals surface area (Å²) in [4.78, 5) is 9.00. The molecule has 1 aliphatic carbocycles. The molecule has 0 bridgehead atoms. The molecule has 1 aromatic rings. The first kappa shape index (κ1) is 11.1. The zero-order valence-corrected chi connectivity index (χ0v) is 10.8. The number of fused-ring (bicyclic) bond motifs is 1. The molecule has 0 spiro atoms. The number of nitrogens with one attached hydrogen (secondary N) is 1. The van der Waals surface area contributed by atoms with E-state index in [-0.39, 0.29) is 0 Å². The van der Waals surface area contributed by atoms with Gasteiger partial charge >= 0.3 is 0 Å². The minimum absolute atomic E-state index is 0.566. The number of aromatic nitrogens is 1. The van der Waals surface area contributed by atoms with E-state index in [9.17, 15) is 0 Å². The van der Waals surface area contributed by atoms with Crippen LogP contribution in [-0.4, -0.2) is 21.9 Å². The van der Waals surface area contributed by atoms with Gasteiger partial charge in [0.25, 0.3) is 0 Å². The minimum atomic E-state index is 0.566. The molecular formula is C13H17N3S. The quantitative estimate of drug-likeness (QED) is 0.828. The van der Waals surface area contributed by atoms with Gasteiger partial charge in [0.2, 0.25) is 0 Å². The Morgan fingerprint density at radius 2 is 2.29 bits per heavy atom. The fourth-order valence-corrected chi connectivity index (χ4v) is 3.73. The summed E-state index contributed by atoms with van der Waals surface area (Å²) in [7, 11) is 0. The number of nitrogens with zero attached hydrogens (tertiary/aromatic N) is 2. The van der Waals surface area contributed by atoms with Crippen LogP contribution in [-0.2, 0) is 0 Å². The van der Waals surface area contributed by atoms with Crippen molar-refractivity contribution in [1.29, 1.82) is 0 Å². The lowest BCUT2D eigenvalue weighted by Crippen LogP contribution is -2.25. The third-order valence-electron chi connectivity index (χ3n) is 3.46. The van der Waals surface area contributed by atoms with E-state index in [1.165, 1.54) is 30.6 Å². The van der Waals surface area contributed by atoms with Crippen molar-refractivity contribution in [3.05, 3.63) is 24.0 Å². The van der Waals surface area contributed by atoms with Crippen molar-refractivity contribution in [2.24, 2.45) is 10.9 Å². The third kappa shape index (κ3) is 2.46. The Hall–Kier alpha value is -1.03. The molecule has 2 heterocycles. The molecule has 2 aliphatic rings. The summed E-state index contributed by atoms with van der Waals surface area (Å²) in [6.07, 6.45) is 7.70. The minimum Gasteiger partial charge on any atom is -0.334 e. The number of aliphatic imine (C=N–C) groups is 1. The Balaban J connectivity index is 1.73. The van der Waals surface area contributed by atoms with Crippen molar-refractivity contribution < 1.29 is 0 Å². The molecule has 3 rings (SSSR count). The maximum Gasteiger partial charge on any atom is 0.161 e. The fourth-order valence-electron chi connectivity index (χ4n) is 2.57. The molecule has 0 amide bonds. The Kier molecular flexibility index (Phi) is 3.05. The van der Waals surface area contributed by atoms with Gasteiger partial charge in [0.15, 0.2) is 5.17 Å². The van der Waals surface area contributed by atoms with Crippen LogP contribution in [0, 0.1) is 12.8 Å². The molecule has 2 atom stereocenters. The number of aryl methyl sites for hydroxylation is 1. The molecule has 0 saturated heterocycles. The van der Waals surface area contributed by atoms with E-state index in [1.54, 1.807) is 0 Å². The van der Waals surface area contributed by atoms with Crippen LogP contribution in [0.25, 0.3) is 0 Å². The number of amidine groups is 1. The molecular weight excluding hydrogens is 230 g/mol. The Morgan fingerprint density at radius 1 is 1.35 bits per heavy atom. The van der Waals surface area contributed by atoms with Gasteiger partial charge in [-0.1, -0.05) is 18.2 Å². The highest BCUT2D eigenvalue weighted by Gasteiger charge is 2.30. The van der Waals surface area contributed by atoms with Gasteiger partial charge in [0.05, 0.1) is 17.9 Å². The van der Waals surface area contributed by atoms with E-state index in [0.29, 0.717) is 6.04 Å². The SMILES string of the molecule is Cc1cncc(NC2=NC3CCCC3CS2)c1. The summed E-state index contributed by atoms with van der Waals surface area (Å²) in [5, 5.41) is 4.45. The van der Waals surface area contributed by atoms with Crippen molar-refractivity contribution in [3.8, 4) is 0 Å². The first-order valence-electron chi connectivity index (χ1n) is 6.20. The smallest absolute Gasteiger partial charge is 0.161 e. The third-order valence-corrected chi connectivity index (χ3v) is 4.54. The van der Waals surface area contributed by atoms with Crippen molar-refractivity contribution >= 4 is 22.6 Å². The van der Waals surface area contributed by atoms with Crippen molar-refractivity contribution in [1.82, 2.24) is 4.98 Å². The summed E-state index contributed by atoms with van der Waals surface area (Å²) in [5.74, 6) is 2.04. The molecule has 2 unspecified atom stereocenters.